The lowest BCUT2D eigenvalue weighted by molar-refractivity contribution is -0.137. The van der Waals surface area contributed by atoms with Crippen molar-refractivity contribution in [1.82, 2.24) is 9.55 Å². The lowest BCUT2D eigenvalue weighted by atomic mass is 10.1. The van der Waals surface area contributed by atoms with Crippen molar-refractivity contribution in [3.63, 3.8) is 0 Å². The molecule has 0 aliphatic carbocycles. The average Bonchev–Trinajstić information content (AvgIpc) is 2.75. The van der Waals surface area contributed by atoms with E-state index < -0.39 is 11.7 Å². The van der Waals surface area contributed by atoms with Crippen LogP contribution in [0.4, 0.5) is 13.2 Å². The molecule has 1 aromatic heterocycles. The number of ether oxygens (including phenoxy) is 1. The Kier molecular flexibility index (Phi) is 4.53. The number of methoxy groups -OCH3 is 1. The molecule has 0 bridgehead atoms. The fraction of sp³-hybridized carbons (Fsp3) is 0.500. The first-order chi connectivity index (χ1) is 9.84. The summed E-state index contributed by atoms with van der Waals surface area (Å²) in [5.41, 5.74) is 6.31. The van der Waals surface area contributed by atoms with Crippen molar-refractivity contribution in [2.24, 2.45) is 12.8 Å². The van der Waals surface area contributed by atoms with Crippen LogP contribution in [0.25, 0.3) is 11.0 Å². The van der Waals surface area contributed by atoms with E-state index >= 15 is 0 Å². The van der Waals surface area contributed by atoms with Gasteiger partial charge in [0.15, 0.2) is 0 Å². The number of hydrogen-bond acceptors (Lipinski definition) is 3. The van der Waals surface area contributed by atoms with Gasteiger partial charge in [-0.05, 0) is 31.0 Å². The molecule has 2 aromatic rings. The molecule has 1 unspecified atom stereocenters. The second kappa shape index (κ2) is 6.03. The second-order valence-corrected chi connectivity index (χ2v) is 4.97. The number of nitrogens with two attached hydrogens (primary N) is 1. The molecule has 0 amide bonds. The van der Waals surface area contributed by atoms with Crippen molar-refractivity contribution in [2.45, 2.75) is 25.1 Å². The molecule has 1 aromatic carbocycles. The lowest BCUT2D eigenvalue weighted by Crippen LogP contribution is -2.15. The Morgan fingerprint density at radius 1 is 1.38 bits per heavy atom. The van der Waals surface area contributed by atoms with Gasteiger partial charge in [0.2, 0.25) is 0 Å². The molecule has 0 saturated carbocycles. The number of nitrogens with zero attached hydrogens (tertiary/aromatic N) is 2. The third-order valence-corrected chi connectivity index (χ3v) is 3.44. The van der Waals surface area contributed by atoms with Crippen molar-refractivity contribution in [1.29, 1.82) is 0 Å². The molecule has 2 rings (SSSR count). The zero-order chi connectivity index (χ0) is 15.6. The van der Waals surface area contributed by atoms with E-state index in [2.05, 4.69) is 4.98 Å². The number of aryl methyl sites for hydroxylation is 1. The summed E-state index contributed by atoms with van der Waals surface area (Å²) in [4.78, 5) is 4.26. The summed E-state index contributed by atoms with van der Waals surface area (Å²) in [6, 6.07) is 3.22. The van der Waals surface area contributed by atoms with Gasteiger partial charge in [-0.1, -0.05) is 0 Å². The molecule has 7 heteroatoms. The van der Waals surface area contributed by atoms with Crippen molar-refractivity contribution in [2.75, 3.05) is 13.7 Å². The van der Waals surface area contributed by atoms with Gasteiger partial charge >= 0.3 is 6.18 Å². The minimum Gasteiger partial charge on any atom is -0.385 e. The number of alkyl halides is 3. The quantitative estimate of drug-likeness (QED) is 0.864. The van der Waals surface area contributed by atoms with Crippen LogP contribution in [0.2, 0.25) is 0 Å². The van der Waals surface area contributed by atoms with Crippen LogP contribution >= 0.6 is 0 Å². The zero-order valence-corrected chi connectivity index (χ0v) is 11.9. The Hall–Kier alpha value is -1.60. The molecule has 1 atom stereocenters. The first-order valence-electron chi connectivity index (χ1n) is 6.62. The highest BCUT2D eigenvalue weighted by Crippen LogP contribution is 2.32. The van der Waals surface area contributed by atoms with Gasteiger partial charge in [0.1, 0.15) is 5.82 Å². The third kappa shape index (κ3) is 3.36. The number of rotatable bonds is 5. The normalized spacial score (nSPS) is 13.8. The average molecular weight is 301 g/mol. The van der Waals surface area contributed by atoms with E-state index in [9.17, 15) is 13.2 Å². The highest BCUT2D eigenvalue weighted by molar-refractivity contribution is 5.77. The number of imidazole rings is 1. The molecule has 0 fully saturated rings. The molecule has 0 radical (unpaired) electrons. The number of halogens is 3. The van der Waals surface area contributed by atoms with Crippen LogP contribution in [-0.2, 0) is 18.0 Å². The Bertz CT molecular complexity index is 622. The minimum atomic E-state index is -4.37. The summed E-state index contributed by atoms with van der Waals surface area (Å²) in [6.07, 6.45) is -2.93. The van der Waals surface area contributed by atoms with Gasteiger partial charge < -0.3 is 15.0 Å². The van der Waals surface area contributed by atoms with Crippen LogP contribution in [0.5, 0.6) is 0 Å². The van der Waals surface area contributed by atoms with Gasteiger partial charge in [-0.15, -0.1) is 0 Å². The molecule has 4 nitrogen and oxygen atoms in total. The van der Waals surface area contributed by atoms with Gasteiger partial charge in [0.05, 0.1) is 22.6 Å². The maximum absolute atomic E-state index is 12.7. The third-order valence-electron chi connectivity index (χ3n) is 3.44. The highest BCUT2D eigenvalue weighted by Gasteiger charge is 2.31. The molecule has 0 spiro atoms. The summed E-state index contributed by atoms with van der Waals surface area (Å²) in [6.45, 7) is 0.593. The minimum absolute atomic E-state index is 0.310. The van der Waals surface area contributed by atoms with E-state index in [1.807, 2.05) is 0 Å². The second-order valence-electron chi connectivity index (χ2n) is 4.97. The molecule has 116 valence electrons. The van der Waals surface area contributed by atoms with E-state index in [4.69, 9.17) is 10.5 Å². The molecular formula is C14H18F3N3O. The summed E-state index contributed by atoms with van der Waals surface area (Å²) in [7, 11) is 3.37. The smallest absolute Gasteiger partial charge is 0.385 e. The number of hydrogen-bond donors (Lipinski definition) is 1. The monoisotopic (exact) mass is 301 g/mol. The molecule has 0 saturated heterocycles. The maximum Gasteiger partial charge on any atom is 0.416 e. The Morgan fingerprint density at radius 3 is 2.71 bits per heavy atom. The summed E-state index contributed by atoms with van der Waals surface area (Å²) < 4.78 is 44.8. The van der Waals surface area contributed by atoms with Crippen molar-refractivity contribution >= 4 is 11.0 Å². The van der Waals surface area contributed by atoms with Gasteiger partial charge in [-0.3, -0.25) is 0 Å². The zero-order valence-electron chi connectivity index (χ0n) is 11.9. The standard InChI is InChI=1S/C14H18F3N3O/c1-20-12-6-5-9(14(15,16)17)8-11(12)19-13(20)10(18)4-3-7-21-2/h5-6,8,10H,3-4,7,18H2,1-2H3. The van der Waals surface area contributed by atoms with E-state index in [0.29, 0.717) is 29.9 Å². The van der Waals surface area contributed by atoms with Crippen LogP contribution < -0.4 is 5.73 Å². The van der Waals surface area contributed by atoms with Gasteiger partial charge in [0.25, 0.3) is 0 Å². The first-order valence-corrected chi connectivity index (χ1v) is 6.62. The lowest BCUT2D eigenvalue weighted by Gasteiger charge is -2.11. The van der Waals surface area contributed by atoms with Crippen LogP contribution in [-0.4, -0.2) is 23.3 Å². The SMILES string of the molecule is COCCCC(N)c1nc2cc(C(F)(F)F)ccc2n1C. The molecule has 1 heterocycles. The van der Waals surface area contributed by atoms with Gasteiger partial charge in [0, 0.05) is 20.8 Å². The van der Waals surface area contributed by atoms with E-state index in [1.54, 1.807) is 18.7 Å². The van der Waals surface area contributed by atoms with E-state index in [1.165, 1.54) is 6.07 Å². The number of fused-ring (bicyclic) bond motifs is 1. The predicted molar refractivity (Wildman–Crippen MR) is 73.8 cm³/mol. The maximum atomic E-state index is 12.7. The van der Waals surface area contributed by atoms with Crippen LogP contribution in [0.3, 0.4) is 0 Å². The predicted octanol–water partition coefficient (Wildman–Crippen LogP) is 3.02. The molecule has 0 aliphatic heterocycles. The molecular weight excluding hydrogens is 283 g/mol. The van der Waals surface area contributed by atoms with Crippen LogP contribution in [0.1, 0.15) is 30.3 Å². The van der Waals surface area contributed by atoms with E-state index in [0.717, 1.165) is 18.6 Å². The largest absolute Gasteiger partial charge is 0.416 e. The molecule has 21 heavy (non-hydrogen) atoms. The molecule has 0 aliphatic rings. The first kappa shape index (κ1) is 15.8. The summed E-state index contributed by atoms with van der Waals surface area (Å²) in [5, 5.41) is 0. The Labute approximate surface area is 120 Å². The Balaban J connectivity index is 2.32. The van der Waals surface area contributed by atoms with Crippen molar-refractivity contribution in [3.8, 4) is 0 Å². The highest BCUT2D eigenvalue weighted by atomic mass is 19.4. The van der Waals surface area contributed by atoms with Crippen molar-refractivity contribution < 1.29 is 17.9 Å². The summed E-state index contributed by atoms with van der Waals surface area (Å²) >= 11 is 0. The van der Waals surface area contributed by atoms with Gasteiger partial charge in [-0.2, -0.15) is 13.2 Å². The number of aromatic nitrogens is 2. The fourth-order valence-corrected chi connectivity index (χ4v) is 2.30. The van der Waals surface area contributed by atoms with Crippen molar-refractivity contribution in [3.05, 3.63) is 29.6 Å². The van der Waals surface area contributed by atoms with Crippen LogP contribution in [0, 0.1) is 0 Å². The molecule has 2 N–H and O–H groups in total. The summed E-state index contributed by atoms with van der Waals surface area (Å²) in [5.74, 6) is 0.584. The van der Waals surface area contributed by atoms with E-state index in [-0.39, 0.29) is 6.04 Å². The Morgan fingerprint density at radius 2 is 2.10 bits per heavy atom. The fourth-order valence-electron chi connectivity index (χ4n) is 2.30. The van der Waals surface area contributed by atoms with Gasteiger partial charge in [-0.25, -0.2) is 4.98 Å². The van der Waals surface area contributed by atoms with Crippen LogP contribution in [0.15, 0.2) is 18.2 Å². The number of benzene rings is 1. The topological polar surface area (TPSA) is 53.1 Å².